The largest absolute Gasteiger partial charge is 0.143 e. The molecule has 0 saturated heterocycles. The highest BCUT2D eigenvalue weighted by Crippen LogP contribution is 2.40. The molecule has 0 bridgehead atoms. The average Bonchev–Trinajstić information content (AvgIpc) is 2.80. The van der Waals surface area contributed by atoms with Crippen molar-refractivity contribution in [3.05, 3.63) is 53.7 Å². The van der Waals surface area contributed by atoms with Crippen LogP contribution in [0, 0.1) is 3.57 Å². The Labute approximate surface area is 145 Å². The van der Waals surface area contributed by atoms with Gasteiger partial charge >= 0.3 is 0 Å². The molecular formula is C15H15BrClIS. The van der Waals surface area contributed by atoms with E-state index in [0.29, 0.717) is 0 Å². The average molecular weight is 470 g/mol. The summed E-state index contributed by atoms with van der Waals surface area (Å²) in [7, 11) is 0. The molecule has 0 fully saturated rings. The van der Waals surface area contributed by atoms with Crippen molar-refractivity contribution in [1.29, 1.82) is 0 Å². The number of hydrogen-bond acceptors (Lipinski definition) is 1. The first-order valence-electron chi connectivity index (χ1n) is 5.98. The minimum Gasteiger partial charge on any atom is -0.143 e. The Hall–Kier alpha value is 0.420. The van der Waals surface area contributed by atoms with E-state index in [9.17, 15) is 0 Å². The summed E-state index contributed by atoms with van der Waals surface area (Å²) in [5.41, 5.74) is 1.32. The minimum atomic E-state index is -0.0924. The number of benzene rings is 1. The third kappa shape index (κ3) is 3.74. The highest BCUT2D eigenvalue weighted by Gasteiger charge is 2.21. The molecule has 0 aliphatic heterocycles. The highest BCUT2D eigenvalue weighted by atomic mass is 127. The summed E-state index contributed by atoms with van der Waals surface area (Å²) < 4.78 is 2.27. The van der Waals surface area contributed by atoms with Crippen molar-refractivity contribution >= 4 is 61.5 Å². The summed E-state index contributed by atoms with van der Waals surface area (Å²) >= 11 is 14.4. The normalized spacial score (nSPS) is 13.6. The van der Waals surface area contributed by atoms with E-state index in [1.54, 1.807) is 11.3 Å². The Kier molecular flexibility index (Phi) is 5.02. The van der Waals surface area contributed by atoms with Crippen LogP contribution in [0.25, 0.3) is 0 Å². The van der Waals surface area contributed by atoms with Gasteiger partial charge in [0, 0.05) is 17.8 Å². The standard InChI is InChI=1S/C15H15BrClIS/c1-15(2,3)13-7-6-12(19-13)14(17)10-8-9(18)4-5-11(10)16/h4-8,14H,1-3H3. The second-order valence-corrected chi connectivity index (χ2v) is 9.13. The lowest BCUT2D eigenvalue weighted by Crippen LogP contribution is -2.07. The zero-order valence-electron chi connectivity index (χ0n) is 11.0. The molecule has 0 aliphatic carbocycles. The van der Waals surface area contributed by atoms with E-state index in [1.165, 1.54) is 13.3 Å². The van der Waals surface area contributed by atoms with Crippen LogP contribution < -0.4 is 0 Å². The monoisotopic (exact) mass is 468 g/mol. The van der Waals surface area contributed by atoms with Crippen LogP contribution in [-0.2, 0) is 5.41 Å². The van der Waals surface area contributed by atoms with E-state index in [2.05, 4.69) is 89.6 Å². The fourth-order valence-electron chi connectivity index (χ4n) is 1.75. The van der Waals surface area contributed by atoms with Crippen LogP contribution in [0.15, 0.2) is 34.8 Å². The summed E-state index contributed by atoms with van der Waals surface area (Å²) in [5, 5.41) is -0.0924. The van der Waals surface area contributed by atoms with E-state index in [0.717, 1.165) is 10.0 Å². The van der Waals surface area contributed by atoms with Crippen molar-refractivity contribution in [1.82, 2.24) is 0 Å². The molecule has 2 rings (SSSR count). The molecule has 2 aromatic rings. The Balaban J connectivity index is 2.36. The quantitative estimate of drug-likeness (QED) is 0.337. The van der Waals surface area contributed by atoms with Crippen molar-refractivity contribution in [2.45, 2.75) is 31.6 Å². The first kappa shape index (κ1) is 15.8. The van der Waals surface area contributed by atoms with Crippen molar-refractivity contribution in [3.63, 3.8) is 0 Å². The maximum absolute atomic E-state index is 6.65. The Morgan fingerprint density at radius 2 is 1.89 bits per heavy atom. The fraction of sp³-hybridized carbons (Fsp3) is 0.333. The minimum absolute atomic E-state index is 0.0924. The van der Waals surface area contributed by atoms with Crippen molar-refractivity contribution in [2.75, 3.05) is 0 Å². The van der Waals surface area contributed by atoms with Crippen molar-refractivity contribution in [2.24, 2.45) is 0 Å². The van der Waals surface area contributed by atoms with Gasteiger partial charge < -0.3 is 0 Å². The molecule has 0 amide bonds. The molecule has 1 aromatic carbocycles. The summed E-state index contributed by atoms with van der Waals surface area (Å²) in [6, 6.07) is 10.6. The van der Waals surface area contributed by atoms with Crippen LogP contribution in [0.2, 0.25) is 0 Å². The third-order valence-corrected chi connectivity index (χ3v) is 6.42. The van der Waals surface area contributed by atoms with Gasteiger partial charge in [-0.05, 0) is 63.9 Å². The van der Waals surface area contributed by atoms with Crippen LogP contribution in [0.1, 0.15) is 41.5 Å². The molecule has 4 heteroatoms. The van der Waals surface area contributed by atoms with E-state index >= 15 is 0 Å². The second kappa shape index (κ2) is 6.04. The molecule has 0 aliphatic rings. The lowest BCUT2D eigenvalue weighted by Gasteiger charge is -2.16. The molecule has 0 nitrogen and oxygen atoms in total. The molecule has 1 unspecified atom stereocenters. The SMILES string of the molecule is CC(C)(C)c1ccc(C(Cl)c2cc(I)ccc2Br)s1. The van der Waals surface area contributed by atoms with Crippen LogP contribution in [-0.4, -0.2) is 0 Å². The van der Waals surface area contributed by atoms with Gasteiger partial charge in [-0.25, -0.2) is 0 Å². The summed E-state index contributed by atoms with van der Waals surface area (Å²) in [6.45, 7) is 6.69. The lowest BCUT2D eigenvalue weighted by molar-refractivity contribution is 0.604. The van der Waals surface area contributed by atoms with Gasteiger partial charge in [0.1, 0.15) is 0 Å². The van der Waals surface area contributed by atoms with Crippen LogP contribution in [0.5, 0.6) is 0 Å². The van der Waals surface area contributed by atoms with Gasteiger partial charge in [0.25, 0.3) is 0 Å². The van der Waals surface area contributed by atoms with Gasteiger partial charge in [-0.15, -0.1) is 22.9 Å². The molecule has 0 saturated carbocycles. The molecule has 0 spiro atoms. The molecule has 1 aromatic heterocycles. The number of hydrogen-bond donors (Lipinski definition) is 0. The van der Waals surface area contributed by atoms with Crippen LogP contribution in [0.4, 0.5) is 0 Å². The number of halogens is 3. The van der Waals surface area contributed by atoms with Gasteiger partial charge in [-0.2, -0.15) is 0 Å². The predicted molar refractivity (Wildman–Crippen MR) is 97.6 cm³/mol. The van der Waals surface area contributed by atoms with E-state index in [4.69, 9.17) is 11.6 Å². The number of thiophene rings is 1. The Bertz CT molecular complexity index is 586. The smallest absolute Gasteiger partial charge is 0.0939 e. The maximum Gasteiger partial charge on any atom is 0.0939 e. The first-order chi connectivity index (χ1) is 8.79. The first-order valence-corrected chi connectivity index (χ1v) is 9.11. The number of alkyl halides is 1. The van der Waals surface area contributed by atoms with Crippen LogP contribution >= 0.6 is 61.5 Å². The van der Waals surface area contributed by atoms with Gasteiger partial charge in [0.15, 0.2) is 0 Å². The zero-order valence-corrected chi connectivity index (χ0v) is 16.3. The second-order valence-electron chi connectivity index (χ2n) is 5.48. The Morgan fingerprint density at radius 3 is 2.47 bits per heavy atom. The number of rotatable bonds is 2. The van der Waals surface area contributed by atoms with E-state index in [-0.39, 0.29) is 10.8 Å². The molecule has 0 radical (unpaired) electrons. The van der Waals surface area contributed by atoms with Gasteiger partial charge in [0.05, 0.1) is 5.38 Å². The summed E-state index contributed by atoms with van der Waals surface area (Å²) in [6.07, 6.45) is 0. The topological polar surface area (TPSA) is 0 Å². The van der Waals surface area contributed by atoms with Gasteiger partial charge in [-0.3, -0.25) is 0 Å². The molecule has 1 heterocycles. The maximum atomic E-state index is 6.65. The molecule has 19 heavy (non-hydrogen) atoms. The molecule has 102 valence electrons. The van der Waals surface area contributed by atoms with E-state index in [1.807, 2.05) is 0 Å². The summed E-state index contributed by atoms with van der Waals surface area (Å²) in [4.78, 5) is 2.57. The predicted octanol–water partition coefficient (Wildman–Crippen LogP) is 6.74. The van der Waals surface area contributed by atoms with Gasteiger partial charge in [0.2, 0.25) is 0 Å². The third-order valence-electron chi connectivity index (χ3n) is 2.85. The molecule has 1 atom stereocenters. The van der Waals surface area contributed by atoms with Crippen LogP contribution in [0.3, 0.4) is 0 Å². The molecular weight excluding hydrogens is 454 g/mol. The lowest BCUT2D eigenvalue weighted by atomic mass is 9.95. The fourth-order valence-corrected chi connectivity index (χ4v) is 4.33. The van der Waals surface area contributed by atoms with Crippen molar-refractivity contribution in [3.8, 4) is 0 Å². The van der Waals surface area contributed by atoms with E-state index < -0.39 is 0 Å². The Morgan fingerprint density at radius 1 is 1.21 bits per heavy atom. The zero-order chi connectivity index (χ0) is 14.2. The van der Waals surface area contributed by atoms with Crippen molar-refractivity contribution < 1.29 is 0 Å². The summed E-state index contributed by atoms with van der Waals surface area (Å²) in [5.74, 6) is 0. The van der Waals surface area contributed by atoms with Gasteiger partial charge in [-0.1, -0.05) is 36.7 Å². The molecule has 0 N–H and O–H groups in total. The highest BCUT2D eigenvalue weighted by molar-refractivity contribution is 14.1.